The molecule has 0 unspecified atom stereocenters. The predicted molar refractivity (Wildman–Crippen MR) is 45.2 cm³/mol. The van der Waals surface area contributed by atoms with Crippen LogP contribution in [0.3, 0.4) is 0 Å². The van der Waals surface area contributed by atoms with Crippen molar-refractivity contribution >= 4 is 17.1 Å². The first-order valence-corrected chi connectivity index (χ1v) is 3.33. The first kappa shape index (κ1) is 9.71. The molecule has 0 aliphatic carbocycles. The van der Waals surface area contributed by atoms with Crippen molar-refractivity contribution in [2.24, 2.45) is 5.18 Å². The summed E-state index contributed by atoms with van der Waals surface area (Å²) in [5.74, 6) is 0. The highest BCUT2D eigenvalue weighted by molar-refractivity contribution is 5.69. The van der Waals surface area contributed by atoms with E-state index in [9.17, 15) is 25.1 Å². The van der Waals surface area contributed by atoms with Crippen molar-refractivity contribution in [3.8, 4) is 0 Å². The Bertz CT molecular complexity index is 384. The van der Waals surface area contributed by atoms with Crippen LogP contribution in [0.1, 0.15) is 0 Å². The molecule has 72 valence electrons. The van der Waals surface area contributed by atoms with Crippen LogP contribution in [-0.4, -0.2) is 9.85 Å². The van der Waals surface area contributed by atoms with Crippen molar-refractivity contribution in [2.45, 2.75) is 0 Å². The molecule has 0 amide bonds. The van der Waals surface area contributed by atoms with Gasteiger partial charge in [-0.3, -0.25) is 20.2 Å². The van der Waals surface area contributed by atoms with Gasteiger partial charge in [0.25, 0.3) is 5.69 Å². The second-order valence-electron chi connectivity index (χ2n) is 2.25. The van der Waals surface area contributed by atoms with Crippen LogP contribution >= 0.6 is 0 Å². The molecule has 0 saturated heterocycles. The number of hydrogen-bond donors (Lipinski definition) is 0. The third-order valence-corrected chi connectivity index (χ3v) is 1.48. The van der Waals surface area contributed by atoms with Crippen molar-refractivity contribution in [1.82, 2.24) is 0 Å². The first-order chi connectivity index (χ1) is 6.57. The maximum atomic E-state index is 10.3. The summed E-state index contributed by atoms with van der Waals surface area (Å²) in [5, 5.41) is 23.0. The molecule has 1 aromatic rings. The fraction of sp³-hybridized carbons (Fsp3) is 0. The monoisotopic (exact) mass is 197 g/mol. The quantitative estimate of drug-likeness (QED) is 0.416. The van der Waals surface area contributed by atoms with Crippen LogP contribution in [0, 0.1) is 25.1 Å². The molecule has 1 rings (SSSR count). The Morgan fingerprint density at radius 3 is 1.79 bits per heavy atom. The van der Waals surface area contributed by atoms with Gasteiger partial charge in [0.05, 0.1) is 9.85 Å². The molecular weight excluding hydrogens is 194 g/mol. The van der Waals surface area contributed by atoms with E-state index in [0.29, 0.717) is 0 Å². The Kier molecular flexibility index (Phi) is 2.47. The Morgan fingerprint density at radius 2 is 1.50 bits per heavy atom. The van der Waals surface area contributed by atoms with Gasteiger partial charge in [0.15, 0.2) is 0 Å². The maximum absolute atomic E-state index is 10.3. The number of benzene rings is 1. The van der Waals surface area contributed by atoms with Crippen molar-refractivity contribution in [3.05, 3.63) is 43.3 Å². The lowest BCUT2D eigenvalue weighted by molar-refractivity contribution is -0.392. The highest BCUT2D eigenvalue weighted by Crippen LogP contribution is 2.35. The van der Waals surface area contributed by atoms with E-state index < -0.39 is 26.9 Å². The number of hydrogen-bond acceptors (Lipinski definition) is 6. The van der Waals surface area contributed by atoms with Gasteiger partial charge in [0, 0.05) is 12.1 Å². The van der Waals surface area contributed by atoms with Crippen LogP contribution in [0.25, 0.3) is 0 Å². The van der Waals surface area contributed by atoms with Gasteiger partial charge in [-0.1, -0.05) is 0 Å². The molecular formula is C6H3N3O5. The number of rotatable bonds is 3. The van der Waals surface area contributed by atoms with Gasteiger partial charge in [0.2, 0.25) is 0 Å². The lowest BCUT2D eigenvalue weighted by Crippen LogP contribution is -1.93. The molecule has 0 N–H and O–H groups in total. The zero-order valence-corrected chi connectivity index (χ0v) is 6.61. The third-order valence-electron chi connectivity index (χ3n) is 1.48. The molecule has 0 aliphatic rings. The van der Waals surface area contributed by atoms with E-state index in [1.165, 1.54) is 0 Å². The molecule has 8 heteroatoms. The van der Waals surface area contributed by atoms with Crippen LogP contribution in [0.5, 0.6) is 0 Å². The van der Waals surface area contributed by atoms with Gasteiger partial charge in [0.1, 0.15) is 0 Å². The Labute approximate surface area is 76.4 Å². The van der Waals surface area contributed by atoms with E-state index in [1.54, 1.807) is 0 Å². The van der Waals surface area contributed by atoms with Crippen LogP contribution < -0.4 is 0 Å². The van der Waals surface area contributed by atoms with Crippen LogP contribution in [-0.2, 0) is 0 Å². The largest absolute Gasteiger partial charge is 0.305 e. The van der Waals surface area contributed by atoms with E-state index in [2.05, 4.69) is 5.18 Å². The minimum Gasteiger partial charge on any atom is -0.258 e. The molecule has 0 bridgehead atoms. The summed E-state index contributed by atoms with van der Waals surface area (Å²) < 4.78 is 0. The number of nitrogens with zero attached hydrogens (tertiary/aromatic N) is 3. The average molecular weight is 197 g/mol. The predicted octanol–water partition coefficient (Wildman–Crippen LogP) is 1.90. The maximum Gasteiger partial charge on any atom is 0.305 e. The van der Waals surface area contributed by atoms with Gasteiger partial charge in [-0.2, -0.15) is 0 Å². The van der Waals surface area contributed by atoms with E-state index in [-0.39, 0.29) is 0 Å². The van der Waals surface area contributed by atoms with E-state index in [1.807, 2.05) is 0 Å². The second kappa shape index (κ2) is 3.56. The third kappa shape index (κ3) is 1.53. The minimum absolute atomic E-state index is 0.672. The van der Waals surface area contributed by atoms with Gasteiger partial charge < -0.3 is 0 Å². The zero-order valence-electron chi connectivity index (χ0n) is 6.61. The molecule has 0 spiro atoms. The molecule has 8 nitrogen and oxygen atoms in total. The normalized spacial score (nSPS) is 9.43. The summed E-state index contributed by atoms with van der Waals surface area (Å²) in [4.78, 5) is 29.1. The summed E-state index contributed by atoms with van der Waals surface area (Å²) in [5.41, 5.74) is -2.11. The standard InChI is InChI=1S/C6H3N3O5/c10-7-6-4(8(11)12)2-1-3-5(6)9(13)14/h1-3H. The van der Waals surface area contributed by atoms with Crippen LogP contribution in [0.15, 0.2) is 23.4 Å². The van der Waals surface area contributed by atoms with Crippen molar-refractivity contribution in [2.75, 3.05) is 0 Å². The Balaban J connectivity index is 3.47. The van der Waals surface area contributed by atoms with Gasteiger partial charge in [-0.15, -0.1) is 4.91 Å². The van der Waals surface area contributed by atoms with Crippen molar-refractivity contribution in [3.63, 3.8) is 0 Å². The fourth-order valence-corrected chi connectivity index (χ4v) is 0.908. The smallest absolute Gasteiger partial charge is 0.258 e. The van der Waals surface area contributed by atoms with Gasteiger partial charge in [-0.05, 0) is 11.2 Å². The van der Waals surface area contributed by atoms with E-state index >= 15 is 0 Å². The molecule has 0 atom stereocenters. The molecule has 0 radical (unpaired) electrons. The zero-order chi connectivity index (χ0) is 10.7. The summed E-state index contributed by atoms with van der Waals surface area (Å²) in [6, 6.07) is 3.07. The molecule has 1 aromatic carbocycles. The van der Waals surface area contributed by atoms with Crippen LogP contribution in [0.4, 0.5) is 17.1 Å². The highest BCUT2D eigenvalue weighted by atomic mass is 16.6. The number of nitro groups is 2. The number of nitroso groups, excluding NO2 is 1. The summed E-state index contributed by atoms with van der Waals surface area (Å²) in [7, 11) is 0. The minimum atomic E-state index is -0.899. The summed E-state index contributed by atoms with van der Waals surface area (Å²) in [6.45, 7) is 0. The molecule has 0 saturated carbocycles. The van der Waals surface area contributed by atoms with Crippen molar-refractivity contribution in [1.29, 1.82) is 0 Å². The Hall–Kier alpha value is -2.38. The van der Waals surface area contributed by atoms with Crippen LogP contribution in [0.2, 0.25) is 0 Å². The molecule has 0 aromatic heterocycles. The topological polar surface area (TPSA) is 116 Å². The summed E-state index contributed by atoms with van der Waals surface area (Å²) in [6.07, 6.45) is 0. The van der Waals surface area contributed by atoms with Gasteiger partial charge >= 0.3 is 11.4 Å². The SMILES string of the molecule is O=Nc1c([N+](=O)[O-])cccc1[N+](=O)[O-]. The van der Waals surface area contributed by atoms with E-state index in [4.69, 9.17) is 0 Å². The average Bonchev–Trinajstić information content (AvgIpc) is 2.16. The van der Waals surface area contributed by atoms with Gasteiger partial charge in [-0.25, -0.2) is 0 Å². The Morgan fingerprint density at radius 1 is 1.07 bits per heavy atom. The molecule has 14 heavy (non-hydrogen) atoms. The first-order valence-electron chi connectivity index (χ1n) is 3.33. The van der Waals surface area contributed by atoms with Crippen molar-refractivity contribution < 1.29 is 9.85 Å². The fourth-order valence-electron chi connectivity index (χ4n) is 0.908. The lowest BCUT2D eigenvalue weighted by Gasteiger charge is -1.94. The molecule has 0 heterocycles. The second-order valence-corrected chi connectivity index (χ2v) is 2.25. The molecule has 0 fully saturated rings. The highest BCUT2D eigenvalue weighted by Gasteiger charge is 2.25. The van der Waals surface area contributed by atoms with E-state index in [0.717, 1.165) is 18.2 Å². The summed E-state index contributed by atoms with van der Waals surface area (Å²) >= 11 is 0. The number of nitro benzene ring substituents is 2. The lowest BCUT2D eigenvalue weighted by atomic mass is 10.2. The molecule has 0 aliphatic heterocycles.